The molecule has 0 N–H and O–H groups in total. The SMILES string of the molecule is C[C@H]1CCc2onc(C(=O)N(C)Cc3c(Br)cnn3C)c2C1. The molecular formula is C15H19BrN4O2. The standard InChI is InChI=1S/C15H19BrN4O2/c1-9-4-5-13-10(6-9)14(18-22-13)15(21)19(2)8-12-11(16)7-17-20(12)3/h7,9H,4-6,8H2,1-3H3/t9-/m0/s1. The van der Waals surface area contributed by atoms with Gasteiger partial charge >= 0.3 is 0 Å². The zero-order valence-corrected chi connectivity index (χ0v) is 14.6. The van der Waals surface area contributed by atoms with E-state index in [1.54, 1.807) is 22.8 Å². The molecular weight excluding hydrogens is 348 g/mol. The molecule has 2 heterocycles. The van der Waals surface area contributed by atoms with Gasteiger partial charge in [-0.05, 0) is 34.7 Å². The normalized spacial score (nSPS) is 17.4. The molecule has 0 bridgehead atoms. The van der Waals surface area contributed by atoms with Gasteiger partial charge in [0, 0.05) is 26.1 Å². The molecule has 0 saturated heterocycles. The highest BCUT2D eigenvalue weighted by atomic mass is 79.9. The van der Waals surface area contributed by atoms with Crippen LogP contribution in [0.3, 0.4) is 0 Å². The Morgan fingerprint density at radius 3 is 3.05 bits per heavy atom. The van der Waals surface area contributed by atoms with Crippen molar-refractivity contribution in [1.29, 1.82) is 0 Å². The van der Waals surface area contributed by atoms with E-state index in [0.29, 0.717) is 18.2 Å². The van der Waals surface area contributed by atoms with Gasteiger partial charge in [0.05, 0.1) is 22.9 Å². The first-order valence-corrected chi connectivity index (χ1v) is 8.16. The molecule has 1 aliphatic rings. The Morgan fingerprint density at radius 2 is 2.36 bits per heavy atom. The van der Waals surface area contributed by atoms with Crippen LogP contribution >= 0.6 is 15.9 Å². The highest BCUT2D eigenvalue weighted by molar-refractivity contribution is 9.10. The van der Waals surface area contributed by atoms with Gasteiger partial charge in [-0.3, -0.25) is 9.48 Å². The Kier molecular flexibility index (Phi) is 4.08. The van der Waals surface area contributed by atoms with Crippen LogP contribution in [0.25, 0.3) is 0 Å². The van der Waals surface area contributed by atoms with Crippen LogP contribution in [0.2, 0.25) is 0 Å². The average molecular weight is 367 g/mol. The van der Waals surface area contributed by atoms with Crippen LogP contribution in [0.15, 0.2) is 15.2 Å². The van der Waals surface area contributed by atoms with E-state index in [9.17, 15) is 4.79 Å². The Balaban J connectivity index is 1.81. The van der Waals surface area contributed by atoms with Crippen LogP contribution in [0.5, 0.6) is 0 Å². The Morgan fingerprint density at radius 1 is 1.59 bits per heavy atom. The van der Waals surface area contributed by atoms with E-state index >= 15 is 0 Å². The lowest BCUT2D eigenvalue weighted by molar-refractivity contribution is 0.0770. The van der Waals surface area contributed by atoms with Crippen LogP contribution in [0, 0.1) is 5.92 Å². The van der Waals surface area contributed by atoms with Crippen LogP contribution in [0.1, 0.15) is 40.9 Å². The number of aryl methyl sites for hydroxylation is 2. The molecule has 0 unspecified atom stereocenters. The Bertz CT molecular complexity index is 687. The van der Waals surface area contributed by atoms with E-state index in [1.165, 1.54) is 0 Å². The number of carbonyl (C=O) groups is 1. The fourth-order valence-electron chi connectivity index (χ4n) is 2.84. The lowest BCUT2D eigenvalue weighted by Gasteiger charge is -2.19. The third-order valence-corrected chi connectivity index (χ3v) is 4.90. The van der Waals surface area contributed by atoms with Crippen LogP contribution in [-0.2, 0) is 26.4 Å². The predicted molar refractivity (Wildman–Crippen MR) is 84.4 cm³/mol. The van der Waals surface area contributed by atoms with Crippen LogP contribution in [-0.4, -0.2) is 32.8 Å². The number of fused-ring (bicyclic) bond motifs is 1. The summed E-state index contributed by atoms with van der Waals surface area (Å²) in [4.78, 5) is 14.3. The number of nitrogens with zero attached hydrogens (tertiary/aromatic N) is 4. The topological polar surface area (TPSA) is 64.2 Å². The quantitative estimate of drug-likeness (QED) is 0.837. The second-order valence-electron chi connectivity index (χ2n) is 6.00. The van der Waals surface area contributed by atoms with Crippen molar-refractivity contribution < 1.29 is 9.32 Å². The molecule has 7 heteroatoms. The number of rotatable bonds is 3. The molecule has 2 aromatic heterocycles. The maximum Gasteiger partial charge on any atom is 0.276 e. The molecule has 0 aromatic carbocycles. The van der Waals surface area contributed by atoms with Crippen molar-refractivity contribution in [3.63, 3.8) is 0 Å². The Labute approximate surface area is 137 Å². The van der Waals surface area contributed by atoms with E-state index < -0.39 is 0 Å². The van der Waals surface area contributed by atoms with E-state index in [4.69, 9.17) is 4.52 Å². The summed E-state index contributed by atoms with van der Waals surface area (Å²) in [6.45, 7) is 2.66. The smallest absolute Gasteiger partial charge is 0.276 e. The number of carbonyl (C=O) groups excluding carboxylic acids is 1. The number of halogens is 1. The van der Waals surface area contributed by atoms with Crippen molar-refractivity contribution in [3.05, 3.63) is 33.4 Å². The first kappa shape index (κ1) is 15.3. The summed E-state index contributed by atoms with van der Waals surface area (Å²) in [7, 11) is 3.63. The average Bonchev–Trinajstić information content (AvgIpc) is 3.04. The monoisotopic (exact) mass is 366 g/mol. The van der Waals surface area contributed by atoms with Gasteiger partial charge < -0.3 is 9.42 Å². The number of hydrogen-bond acceptors (Lipinski definition) is 4. The second kappa shape index (κ2) is 5.87. The number of aromatic nitrogens is 3. The van der Waals surface area contributed by atoms with E-state index in [-0.39, 0.29) is 5.91 Å². The van der Waals surface area contributed by atoms with Gasteiger partial charge in [-0.2, -0.15) is 5.10 Å². The highest BCUT2D eigenvalue weighted by Crippen LogP contribution is 2.28. The van der Waals surface area contributed by atoms with Gasteiger partial charge in [-0.15, -0.1) is 0 Å². The molecule has 6 nitrogen and oxygen atoms in total. The minimum atomic E-state index is -0.104. The van der Waals surface area contributed by atoms with Gasteiger partial charge in [-0.1, -0.05) is 12.1 Å². The fraction of sp³-hybridized carbons (Fsp3) is 0.533. The molecule has 0 fully saturated rings. The fourth-order valence-corrected chi connectivity index (χ4v) is 3.31. The summed E-state index contributed by atoms with van der Waals surface area (Å²) in [6, 6.07) is 0. The number of hydrogen-bond donors (Lipinski definition) is 0. The molecule has 22 heavy (non-hydrogen) atoms. The molecule has 0 spiro atoms. The second-order valence-corrected chi connectivity index (χ2v) is 6.86. The van der Waals surface area contributed by atoms with Crippen LogP contribution < -0.4 is 0 Å². The molecule has 0 radical (unpaired) electrons. The summed E-state index contributed by atoms with van der Waals surface area (Å²) in [5, 5.41) is 8.20. The number of amides is 1. The molecule has 0 saturated carbocycles. The Hall–Kier alpha value is -1.63. The van der Waals surface area contributed by atoms with Crippen molar-refractivity contribution in [3.8, 4) is 0 Å². The zero-order chi connectivity index (χ0) is 15.9. The van der Waals surface area contributed by atoms with Crippen LogP contribution in [0.4, 0.5) is 0 Å². The highest BCUT2D eigenvalue weighted by Gasteiger charge is 2.28. The lowest BCUT2D eigenvalue weighted by atomic mass is 9.88. The van der Waals surface area contributed by atoms with Gasteiger partial charge in [0.2, 0.25) is 0 Å². The van der Waals surface area contributed by atoms with Crippen molar-refractivity contribution >= 4 is 21.8 Å². The van der Waals surface area contributed by atoms with Gasteiger partial charge in [0.25, 0.3) is 5.91 Å². The van der Waals surface area contributed by atoms with Crippen molar-refractivity contribution in [2.45, 2.75) is 32.7 Å². The van der Waals surface area contributed by atoms with Gasteiger partial charge in [0.1, 0.15) is 5.76 Å². The first-order chi connectivity index (χ1) is 10.5. The van der Waals surface area contributed by atoms with E-state index in [0.717, 1.165) is 40.8 Å². The van der Waals surface area contributed by atoms with E-state index in [1.807, 2.05) is 7.05 Å². The summed E-state index contributed by atoms with van der Waals surface area (Å²) in [5.41, 5.74) is 2.39. The summed E-state index contributed by atoms with van der Waals surface area (Å²) in [6.07, 6.45) is 4.55. The van der Waals surface area contributed by atoms with E-state index in [2.05, 4.69) is 33.1 Å². The molecule has 1 atom stereocenters. The molecule has 3 rings (SSSR count). The lowest BCUT2D eigenvalue weighted by Crippen LogP contribution is -2.29. The molecule has 2 aromatic rings. The maximum absolute atomic E-state index is 12.7. The van der Waals surface area contributed by atoms with Crippen molar-refractivity contribution in [1.82, 2.24) is 19.8 Å². The molecule has 118 valence electrons. The minimum Gasteiger partial charge on any atom is -0.360 e. The summed E-state index contributed by atoms with van der Waals surface area (Å²) >= 11 is 3.46. The molecule has 0 aliphatic heterocycles. The molecule has 1 amide bonds. The van der Waals surface area contributed by atoms with Crippen molar-refractivity contribution in [2.75, 3.05) is 7.05 Å². The zero-order valence-electron chi connectivity index (χ0n) is 13.0. The molecule has 1 aliphatic carbocycles. The van der Waals surface area contributed by atoms with Gasteiger partial charge in [-0.25, -0.2) is 0 Å². The third kappa shape index (κ3) is 2.69. The summed E-state index contributed by atoms with van der Waals surface area (Å²) in [5.74, 6) is 1.33. The first-order valence-electron chi connectivity index (χ1n) is 7.36. The minimum absolute atomic E-state index is 0.104. The summed E-state index contributed by atoms with van der Waals surface area (Å²) < 4.78 is 8.02. The van der Waals surface area contributed by atoms with Gasteiger partial charge in [0.15, 0.2) is 5.69 Å². The maximum atomic E-state index is 12.7. The third-order valence-electron chi connectivity index (χ3n) is 4.23. The largest absolute Gasteiger partial charge is 0.360 e. The van der Waals surface area contributed by atoms with Crippen molar-refractivity contribution in [2.24, 2.45) is 13.0 Å². The predicted octanol–water partition coefficient (Wildman–Crippen LogP) is 2.57.